The van der Waals surface area contributed by atoms with E-state index in [4.69, 9.17) is 14.5 Å². The molecule has 0 aliphatic carbocycles. The zero-order valence-electron chi connectivity index (χ0n) is 17.4. The lowest BCUT2D eigenvalue weighted by molar-refractivity contribution is 0.0332. The molecular formula is C24H24N4O3. The maximum Gasteiger partial charge on any atom is 0.250 e. The largest absolute Gasteiger partial charge is 0.454 e. The number of H-pyrrole nitrogens is 1. The van der Waals surface area contributed by atoms with E-state index in [1.54, 1.807) is 17.7 Å². The van der Waals surface area contributed by atoms with Crippen LogP contribution >= 0.6 is 0 Å². The Morgan fingerprint density at radius 3 is 2.65 bits per heavy atom. The zero-order valence-corrected chi connectivity index (χ0v) is 17.4. The Bertz CT molecular complexity index is 1260. The molecule has 158 valence electrons. The molecule has 1 aliphatic rings. The van der Waals surface area contributed by atoms with E-state index in [9.17, 15) is 4.79 Å². The second-order valence-corrected chi connectivity index (χ2v) is 7.69. The molecule has 5 rings (SSSR count). The first-order valence-corrected chi connectivity index (χ1v) is 10.4. The monoisotopic (exact) mass is 416 g/mol. The molecule has 0 spiro atoms. The van der Waals surface area contributed by atoms with Gasteiger partial charge in [0, 0.05) is 43.5 Å². The molecule has 0 bridgehead atoms. The van der Waals surface area contributed by atoms with E-state index < -0.39 is 0 Å². The summed E-state index contributed by atoms with van der Waals surface area (Å²) in [5, 5.41) is 0. The van der Waals surface area contributed by atoms with Gasteiger partial charge in [-0.3, -0.25) is 9.69 Å². The Morgan fingerprint density at radius 2 is 1.87 bits per heavy atom. The lowest BCUT2D eigenvalue weighted by Crippen LogP contribution is -2.35. The van der Waals surface area contributed by atoms with Crippen molar-refractivity contribution in [2.75, 3.05) is 26.3 Å². The van der Waals surface area contributed by atoms with E-state index in [0.717, 1.165) is 66.6 Å². The number of benzene rings is 2. The van der Waals surface area contributed by atoms with Crippen molar-refractivity contribution in [2.45, 2.75) is 6.54 Å². The topological polar surface area (TPSA) is 72.4 Å². The van der Waals surface area contributed by atoms with Crippen molar-refractivity contribution in [3.05, 3.63) is 77.0 Å². The minimum atomic E-state index is -0.0528. The molecule has 1 aliphatic heterocycles. The number of aromatic amines is 1. The summed E-state index contributed by atoms with van der Waals surface area (Å²) in [4.78, 5) is 22.5. The van der Waals surface area contributed by atoms with Gasteiger partial charge < -0.3 is 19.0 Å². The maximum absolute atomic E-state index is 11.9. The predicted molar refractivity (Wildman–Crippen MR) is 119 cm³/mol. The van der Waals surface area contributed by atoms with E-state index in [1.165, 1.54) is 0 Å². The Hall–Kier alpha value is -3.42. The number of hydrogen-bond donors (Lipinski definition) is 1. The molecule has 1 saturated heterocycles. The van der Waals surface area contributed by atoms with Crippen molar-refractivity contribution in [1.82, 2.24) is 19.4 Å². The van der Waals surface area contributed by atoms with Gasteiger partial charge in [-0.15, -0.1) is 0 Å². The van der Waals surface area contributed by atoms with E-state index in [2.05, 4.69) is 9.88 Å². The Labute approximate surface area is 179 Å². The molecule has 2 aromatic heterocycles. The molecule has 2 aromatic carbocycles. The molecule has 31 heavy (non-hydrogen) atoms. The average molecular weight is 416 g/mol. The number of nitrogens with one attached hydrogen (secondary N) is 1. The van der Waals surface area contributed by atoms with Crippen LogP contribution in [0.25, 0.3) is 22.2 Å². The number of para-hydroxylation sites is 1. The number of morpholine rings is 1. The van der Waals surface area contributed by atoms with Crippen LogP contribution in [0.15, 0.2) is 65.6 Å². The van der Waals surface area contributed by atoms with Crippen LogP contribution in [0.3, 0.4) is 0 Å². The number of imidazole rings is 1. The van der Waals surface area contributed by atoms with Gasteiger partial charge in [-0.25, -0.2) is 4.98 Å². The number of aromatic nitrogens is 3. The first-order valence-electron chi connectivity index (χ1n) is 10.4. The highest BCUT2D eigenvalue weighted by molar-refractivity contribution is 5.91. The van der Waals surface area contributed by atoms with E-state index in [-0.39, 0.29) is 5.56 Å². The zero-order chi connectivity index (χ0) is 21.2. The number of fused-ring (bicyclic) bond motifs is 1. The second kappa shape index (κ2) is 8.37. The van der Waals surface area contributed by atoms with Crippen molar-refractivity contribution < 1.29 is 9.47 Å². The summed E-state index contributed by atoms with van der Waals surface area (Å²) in [5.74, 6) is 2.30. The standard InChI is InChI=1S/C24H24N4O3/c1-27-15-17(7-10-22(27)29)19-8-9-20-23(24(19)31-18-5-3-2-4-6-18)26-21(25-20)16-28-11-13-30-14-12-28/h2-10,15H,11-14,16H2,1H3,(H,25,26). The van der Waals surface area contributed by atoms with Crippen LogP contribution in [0.4, 0.5) is 0 Å². The van der Waals surface area contributed by atoms with Gasteiger partial charge in [0.15, 0.2) is 5.75 Å². The van der Waals surface area contributed by atoms with Crippen molar-refractivity contribution in [1.29, 1.82) is 0 Å². The van der Waals surface area contributed by atoms with E-state index in [1.807, 2.05) is 54.7 Å². The first kappa shape index (κ1) is 19.5. The van der Waals surface area contributed by atoms with Gasteiger partial charge in [0.25, 0.3) is 0 Å². The van der Waals surface area contributed by atoms with Crippen LogP contribution < -0.4 is 10.3 Å². The Kier molecular flexibility index (Phi) is 5.28. The summed E-state index contributed by atoms with van der Waals surface area (Å²) in [6.45, 7) is 4.03. The molecule has 0 radical (unpaired) electrons. The lowest BCUT2D eigenvalue weighted by atomic mass is 10.1. The molecule has 0 atom stereocenters. The first-order chi connectivity index (χ1) is 15.2. The summed E-state index contributed by atoms with van der Waals surface area (Å²) in [7, 11) is 1.75. The third-order valence-electron chi connectivity index (χ3n) is 5.49. The Balaban J connectivity index is 1.60. The van der Waals surface area contributed by atoms with Crippen LogP contribution in [0, 0.1) is 0 Å². The third-order valence-corrected chi connectivity index (χ3v) is 5.49. The minimum absolute atomic E-state index is 0.0528. The van der Waals surface area contributed by atoms with E-state index >= 15 is 0 Å². The smallest absolute Gasteiger partial charge is 0.250 e. The lowest BCUT2D eigenvalue weighted by Gasteiger charge is -2.25. The fourth-order valence-electron chi connectivity index (χ4n) is 3.84. The Morgan fingerprint density at radius 1 is 1.06 bits per heavy atom. The summed E-state index contributed by atoms with van der Waals surface area (Å²) >= 11 is 0. The SMILES string of the molecule is Cn1cc(-c2ccc3[nH]c(CN4CCOCC4)nc3c2Oc2ccccc2)ccc1=O. The fourth-order valence-corrected chi connectivity index (χ4v) is 3.84. The summed E-state index contributed by atoms with van der Waals surface area (Å²) in [5.41, 5.74) is 3.42. The summed E-state index contributed by atoms with van der Waals surface area (Å²) in [6, 6.07) is 17.1. The van der Waals surface area contributed by atoms with Crippen LogP contribution in [0.5, 0.6) is 11.5 Å². The van der Waals surface area contributed by atoms with Crippen molar-refractivity contribution in [2.24, 2.45) is 7.05 Å². The predicted octanol–water partition coefficient (Wildman–Crippen LogP) is 3.55. The molecule has 4 aromatic rings. The molecule has 1 N–H and O–H groups in total. The second-order valence-electron chi connectivity index (χ2n) is 7.69. The number of pyridine rings is 1. The van der Waals surface area contributed by atoms with Crippen LogP contribution in [0.2, 0.25) is 0 Å². The molecule has 3 heterocycles. The molecule has 0 saturated carbocycles. The molecular weight excluding hydrogens is 392 g/mol. The van der Waals surface area contributed by atoms with Crippen molar-refractivity contribution >= 4 is 11.0 Å². The highest BCUT2D eigenvalue weighted by Gasteiger charge is 2.18. The van der Waals surface area contributed by atoms with Gasteiger partial charge >= 0.3 is 0 Å². The highest BCUT2D eigenvalue weighted by atomic mass is 16.5. The number of ether oxygens (including phenoxy) is 2. The van der Waals surface area contributed by atoms with Crippen LogP contribution in [0.1, 0.15) is 5.82 Å². The fraction of sp³-hybridized carbons (Fsp3) is 0.250. The van der Waals surface area contributed by atoms with Gasteiger partial charge in [-0.2, -0.15) is 0 Å². The van der Waals surface area contributed by atoms with Gasteiger partial charge in [-0.1, -0.05) is 18.2 Å². The maximum atomic E-state index is 11.9. The van der Waals surface area contributed by atoms with Crippen molar-refractivity contribution in [3.8, 4) is 22.6 Å². The van der Waals surface area contributed by atoms with Crippen LogP contribution in [-0.4, -0.2) is 45.7 Å². The summed E-state index contributed by atoms with van der Waals surface area (Å²) in [6.07, 6.45) is 1.82. The van der Waals surface area contributed by atoms with Gasteiger partial charge in [-0.05, 0) is 30.3 Å². The van der Waals surface area contributed by atoms with Crippen molar-refractivity contribution in [3.63, 3.8) is 0 Å². The van der Waals surface area contributed by atoms with Gasteiger partial charge in [0.1, 0.15) is 17.1 Å². The minimum Gasteiger partial charge on any atom is -0.454 e. The number of nitrogens with zero attached hydrogens (tertiary/aromatic N) is 3. The highest BCUT2D eigenvalue weighted by Crippen LogP contribution is 2.38. The van der Waals surface area contributed by atoms with E-state index in [0.29, 0.717) is 5.75 Å². The van der Waals surface area contributed by atoms with Gasteiger partial charge in [0.05, 0.1) is 25.3 Å². The molecule has 0 unspecified atom stereocenters. The molecule has 7 heteroatoms. The number of hydrogen-bond acceptors (Lipinski definition) is 5. The average Bonchev–Trinajstić information content (AvgIpc) is 3.20. The molecule has 0 amide bonds. The third kappa shape index (κ3) is 4.10. The number of aryl methyl sites for hydroxylation is 1. The number of rotatable bonds is 5. The quantitative estimate of drug-likeness (QED) is 0.539. The molecule has 7 nitrogen and oxygen atoms in total. The summed E-state index contributed by atoms with van der Waals surface area (Å²) < 4.78 is 13.4. The van der Waals surface area contributed by atoms with Crippen LogP contribution in [-0.2, 0) is 18.3 Å². The van der Waals surface area contributed by atoms with Gasteiger partial charge in [0.2, 0.25) is 5.56 Å². The normalized spacial score (nSPS) is 14.7. The molecule has 1 fully saturated rings.